The molecule has 0 spiro atoms. The minimum Gasteiger partial charge on any atom is -0.483 e. The Bertz CT molecular complexity index is 1070. The van der Waals surface area contributed by atoms with Crippen molar-refractivity contribution in [2.45, 2.75) is 26.7 Å². The number of aryl methyl sites for hydroxylation is 1. The van der Waals surface area contributed by atoms with Gasteiger partial charge in [-0.25, -0.2) is 5.43 Å². The second-order valence-corrected chi connectivity index (χ2v) is 7.90. The number of hydrogen-bond donors (Lipinski definition) is 2. The Balaban J connectivity index is 1.55. The smallest absolute Gasteiger partial charge is 0.277 e. The van der Waals surface area contributed by atoms with Crippen molar-refractivity contribution in [1.29, 1.82) is 0 Å². The van der Waals surface area contributed by atoms with Crippen molar-refractivity contribution in [3.8, 4) is 5.75 Å². The van der Waals surface area contributed by atoms with Crippen LogP contribution < -0.4 is 15.5 Å². The number of nitrogens with one attached hydrogen (secondary N) is 2. The summed E-state index contributed by atoms with van der Waals surface area (Å²) in [5.41, 5.74) is 7.17. The Morgan fingerprint density at radius 3 is 2.55 bits per heavy atom. The number of carbonyl (C=O) groups excluding carboxylic acids is 1. The van der Waals surface area contributed by atoms with E-state index < -0.39 is 0 Å². The van der Waals surface area contributed by atoms with Gasteiger partial charge in [0.1, 0.15) is 5.75 Å². The number of hydrazone groups is 1. The predicted molar refractivity (Wildman–Crippen MR) is 128 cm³/mol. The molecular weight excluding hydrogens is 410 g/mol. The summed E-state index contributed by atoms with van der Waals surface area (Å²) in [6.45, 7) is 5.89. The van der Waals surface area contributed by atoms with Gasteiger partial charge < -0.3 is 10.1 Å². The van der Waals surface area contributed by atoms with Crippen LogP contribution in [-0.2, 0) is 4.79 Å². The number of para-hydroxylation sites is 1. The summed E-state index contributed by atoms with van der Waals surface area (Å²) in [6.07, 6.45) is 1.60. The van der Waals surface area contributed by atoms with E-state index in [0.29, 0.717) is 10.8 Å². The molecule has 160 valence electrons. The van der Waals surface area contributed by atoms with E-state index >= 15 is 0 Å². The largest absolute Gasteiger partial charge is 0.483 e. The van der Waals surface area contributed by atoms with Gasteiger partial charge in [0.05, 0.1) is 6.21 Å². The van der Waals surface area contributed by atoms with Crippen LogP contribution in [-0.4, -0.2) is 18.7 Å². The Kier molecular flexibility index (Phi) is 7.68. The van der Waals surface area contributed by atoms with Crippen LogP contribution in [0.4, 0.5) is 11.4 Å². The Labute approximate surface area is 188 Å². The van der Waals surface area contributed by atoms with E-state index in [1.807, 2.05) is 73.7 Å². The van der Waals surface area contributed by atoms with Crippen LogP contribution in [0.1, 0.15) is 36.5 Å². The molecule has 0 saturated heterocycles. The standard InChI is InChI=1S/C25H26ClN3O2/c1-17(2)22-14-23(26)18(3)12-24(22)31-16-25(30)29-27-15-19-8-7-11-21(13-19)28-20-9-5-4-6-10-20/h4-15,17,28H,16H2,1-3H3,(H,29,30)/b27-15+. The average molecular weight is 436 g/mol. The molecule has 0 aliphatic heterocycles. The first-order valence-corrected chi connectivity index (χ1v) is 10.5. The second-order valence-electron chi connectivity index (χ2n) is 7.49. The molecule has 0 aliphatic carbocycles. The van der Waals surface area contributed by atoms with Crippen molar-refractivity contribution < 1.29 is 9.53 Å². The van der Waals surface area contributed by atoms with E-state index in [1.165, 1.54) is 0 Å². The van der Waals surface area contributed by atoms with Gasteiger partial charge in [0, 0.05) is 16.4 Å². The molecule has 0 unspecified atom stereocenters. The molecule has 0 aromatic heterocycles. The van der Waals surface area contributed by atoms with Crippen LogP contribution in [0.2, 0.25) is 5.02 Å². The van der Waals surface area contributed by atoms with Crippen LogP contribution in [0.5, 0.6) is 5.75 Å². The fourth-order valence-corrected chi connectivity index (χ4v) is 3.16. The lowest BCUT2D eigenvalue weighted by Crippen LogP contribution is -2.25. The predicted octanol–water partition coefficient (Wildman–Crippen LogP) is 6.04. The molecule has 6 heteroatoms. The van der Waals surface area contributed by atoms with Gasteiger partial charge in [0.15, 0.2) is 6.61 Å². The first-order chi connectivity index (χ1) is 14.9. The normalized spacial score (nSPS) is 11.0. The highest BCUT2D eigenvalue weighted by molar-refractivity contribution is 6.31. The second kappa shape index (κ2) is 10.6. The lowest BCUT2D eigenvalue weighted by Gasteiger charge is -2.15. The highest BCUT2D eigenvalue weighted by atomic mass is 35.5. The number of carbonyl (C=O) groups is 1. The summed E-state index contributed by atoms with van der Waals surface area (Å²) < 4.78 is 5.73. The van der Waals surface area contributed by atoms with Gasteiger partial charge in [0.2, 0.25) is 0 Å². The Morgan fingerprint density at radius 2 is 1.81 bits per heavy atom. The minimum absolute atomic E-state index is 0.131. The number of anilines is 2. The van der Waals surface area contributed by atoms with E-state index in [9.17, 15) is 4.79 Å². The van der Waals surface area contributed by atoms with Crippen molar-refractivity contribution in [3.05, 3.63) is 88.4 Å². The SMILES string of the molecule is Cc1cc(OCC(=O)N/N=C/c2cccc(Nc3ccccc3)c2)c(C(C)C)cc1Cl. The zero-order valence-electron chi connectivity index (χ0n) is 17.9. The minimum atomic E-state index is -0.336. The van der Waals surface area contributed by atoms with Gasteiger partial charge in [-0.1, -0.05) is 55.8 Å². The quantitative estimate of drug-likeness (QED) is 0.334. The summed E-state index contributed by atoms with van der Waals surface area (Å²) in [6, 6.07) is 21.4. The number of amides is 1. The van der Waals surface area contributed by atoms with E-state index in [2.05, 4.69) is 29.7 Å². The molecule has 0 saturated carbocycles. The number of rotatable bonds is 8. The van der Waals surface area contributed by atoms with E-state index in [-0.39, 0.29) is 18.4 Å². The molecule has 3 aromatic carbocycles. The summed E-state index contributed by atoms with van der Waals surface area (Å²) in [7, 11) is 0. The monoisotopic (exact) mass is 435 g/mol. The number of ether oxygens (including phenoxy) is 1. The van der Waals surface area contributed by atoms with Crippen LogP contribution >= 0.6 is 11.6 Å². The van der Waals surface area contributed by atoms with Crippen molar-refractivity contribution in [3.63, 3.8) is 0 Å². The summed E-state index contributed by atoms with van der Waals surface area (Å²) in [4.78, 5) is 12.2. The highest BCUT2D eigenvalue weighted by Crippen LogP contribution is 2.31. The van der Waals surface area contributed by atoms with E-state index in [0.717, 1.165) is 28.1 Å². The molecule has 0 radical (unpaired) electrons. The Morgan fingerprint density at radius 1 is 1.06 bits per heavy atom. The van der Waals surface area contributed by atoms with E-state index in [4.69, 9.17) is 16.3 Å². The van der Waals surface area contributed by atoms with Crippen molar-refractivity contribution in [2.75, 3.05) is 11.9 Å². The number of hydrogen-bond acceptors (Lipinski definition) is 4. The number of nitrogens with zero attached hydrogens (tertiary/aromatic N) is 1. The lowest BCUT2D eigenvalue weighted by atomic mass is 10.0. The van der Waals surface area contributed by atoms with Crippen LogP contribution in [0.3, 0.4) is 0 Å². The first-order valence-electron chi connectivity index (χ1n) is 10.1. The lowest BCUT2D eigenvalue weighted by molar-refractivity contribution is -0.123. The summed E-state index contributed by atoms with van der Waals surface area (Å²) >= 11 is 6.22. The molecule has 0 atom stereocenters. The molecule has 2 N–H and O–H groups in total. The third-order valence-electron chi connectivity index (χ3n) is 4.62. The maximum absolute atomic E-state index is 12.2. The molecule has 1 amide bonds. The molecule has 31 heavy (non-hydrogen) atoms. The van der Waals surface area contributed by atoms with E-state index in [1.54, 1.807) is 6.21 Å². The van der Waals surface area contributed by atoms with Crippen molar-refractivity contribution >= 4 is 35.1 Å². The van der Waals surface area contributed by atoms with Crippen LogP contribution in [0, 0.1) is 6.92 Å². The fourth-order valence-electron chi connectivity index (χ4n) is 2.99. The van der Waals surface area contributed by atoms with Gasteiger partial charge in [-0.05, 0) is 65.9 Å². The maximum Gasteiger partial charge on any atom is 0.277 e. The summed E-state index contributed by atoms with van der Waals surface area (Å²) in [5, 5.41) is 8.05. The maximum atomic E-state index is 12.2. The third kappa shape index (κ3) is 6.59. The molecule has 3 aromatic rings. The molecule has 5 nitrogen and oxygen atoms in total. The molecular formula is C25H26ClN3O2. The average Bonchev–Trinajstić information content (AvgIpc) is 2.75. The zero-order valence-corrected chi connectivity index (χ0v) is 18.6. The number of halogens is 1. The van der Waals surface area contributed by atoms with Gasteiger partial charge in [-0.15, -0.1) is 0 Å². The molecule has 0 heterocycles. The molecule has 0 bridgehead atoms. The van der Waals surface area contributed by atoms with Gasteiger partial charge in [0.25, 0.3) is 5.91 Å². The van der Waals surface area contributed by atoms with Crippen LogP contribution in [0.15, 0.2) is 71.8 Å². The van der Waals surface area contributed by atoms with Gasteiger partial charge in [-0.3, -0.25) is 4.79 Å². The van der Waals surface area contributed by atoms with Gasteiger partial charge >= 0.3 is 0 Å². The van der Waals surface area contributed by atoms with Crippen molar-refractivity contribution in [2.24, 2.45) is 5.10 Å². The van der Waals surface area contributed by atoms with Gasteiger partial charge in [-0.2, -0.15) is 5.10 Å². The highest BCUT2D eigenvalue weighted by Gasteiger charge is 2.12. The van der Waals surface area contributed by atoms with Crippen molar-refractivity contribution in [1.82, 2.24) is 5.43 Å². The zero-order chi connectivity index (χ0) is 22.2. The molecule has 3 rings (SSSR count). The molecule has 0 aliphatic rings. The topological polar surface area (TPSA) is 62.7 Å². The summed E-state index contributed by atoms with van der Waals surface area (Å²) in [5.74, 6) is 0.554. The number of benzene rings is 3. The van der Waals surface area contributed by atoms with Crippen LogP contribution in [0.25, 0.3) is 0 Å². The first kappa shape index (κ1) is 22.4. The fraction of sp³-hybridized carbons (Fsp3) is 0.200. The Hall–Kier alpha value is -3.31. The third-order valence-corrected chi connectivity index (χ3v) is 5.03. The molecule has 0 fully saturated rings.